The number of aliphatic carboxylic acids is 1. The molecule has 0 radical (unpaired) electrons. The first-order valence-electron chi connectivity index (χ1n) is 3.08. The van der Waals surface area contributed by atoms with Crippen molar-refractivity contribution in [3.8, 4) is 0 Å². The van der Waals surface area contributed by atoms with E-state index in [9.17, 15) is 4.79 Å². The summed E-state index contributed by atoms with van der Waals surface area (Å²) in [4.78, 5) is 19.1. The molecule has 0 aromatic heterocycles. The highest BCUT2D eigenvalue weighted by Gasteiger charge is 1.89. The van der Waals surface area contributed by atoms with Crippen LogP contribution < -0.4 is 5.73 Å². The van der Waals surface area contributed by atoms with Gasteiger partial charge >= 0.3 is 0 Å². The Morgan fingerprint density at radius 2 is 1.91 bits per heavy atom. The van der Waals surface area contributed by atoms with Crippen LogP contribution >= 0.6 is 22.6 Å². The summed E-state index contributed by atoms with van der Waals surface area (Å²) in [6, 6.07) is 0. The van der Waals surface area contributed by atoms with Crippen molar-refractivity contribution in [2.24, 2.45) is 5.73 Å². The lowest BCUT2D eigenvalue weighted by Gasteiger charge is -1.85. The quantitative estimate of drug-likeness (QED) is 0.588. The molecule has 0 fully saturated rings. The fraction of sp³-hybridized carbons (Fsp3) is 0.667. The number of hydrogen-bond donors (Lipinski definition) is 2. The first-order valence-corrected chi connectivity index (χ1v) is 4.16. The third kappa shape index (κ3) is 41.1. The number of hydrogen-bond acceptors (Lipinski definition) is 3. The molecule has 0 heterocycles. The first-order chi connectivity index (χ1) is 5.00. The summed E-state index contributed by atoms with van der Waals surface area (Å²) in [5.41, 5.74) is 5.12. The number of carbonyl (C=O) groups excluding carboxylic acids is 1. The Bertz CT molecular complexity index is 123. The molecule has 0 bridgehead atoms. The summed E-state index contributed by atoms with van der Waals surface area (Å²) in [7, 11) is 0. The van der Waals surface area contributed by atoms with Crippen molar-refractivity contribution < 1.29 is 14.7 Å². The minimum atomic E-state index is -0.833. The van der Waals surface area contributed by atoms with Crippen LogP contribution in [0.4, 0.5) is 0 Å². The molecule has 0 aliphatic heterocycles. The van der Waals surface area contributed by atoms with Crippen molar-refractivity contribution in [3.05, 3.63) is 0 Å². The van der Waals surface area contributed by atoms with Gasteiger partial charge in [-0.1, -0.05) is 0 Å². The zero-order valence-corrected chi connectivity index (χ0v) is 8.50. The lowest BCUT2D eigenvalue weighted by atomic mass is 10.3. The molecular formula is C6H12INO3. The van der Waals surface area contributed by atoms with E-state index in [1.54, 1.807) is 22.6 Å². The molecule has 66 valence electrons. The van der Waals surface area contributed by atoms with E-state index in [1.165, 1.54) is 0 Å². The maximum absolute atomic E-state index is 10.1. The third-order valence-corrected chi connectivity index (χ3v) is 1.12. The highest BCUT2D eigenvalue weighted by atomic mass is 127. The smallest absolute Gasteiger partial charge is 0.300 e. The van der Waals surface area contributed by atoms with Gasteiger partial charge in [-0.15, -0.1) is 0 Å². The molecule has 3 N–H and O–H groups in total. The lowest BCUT2D eigenvalue weighted by molar-refractivity contribution is -0.134. The van der Waals surface area contributed by atoms with Gasteiger partial charge in [0.2, 0.25) is 0 Å². The van der Waals surface area contributed by atoms with Gasteiger partial charge in [0.1, 0.15) is 0 Å². The Labute approximate surface area is 79.3 Å². The molecule has 0 saturated heterocycles. The minimum Gasteiger partial charge on any atom is -0.481 e. The van der Waals surface area contributed by atoms with Crippen molar-refractivity contribution in [1.82, 2.24) is 0 Å². The van der Waals surface area contributed by atoms with Gasteiger partial charge in [0.15, 0.2) is 3.79 Å². The predicted octanol–water partition coefficient (Wildman–Crippen LogP) is 0.778. The van der Waals surface area contributed by atoms with Crippen LogP contribution in [-0.4, -0.2) is 21.4 Å². The maximum Gasteiger partial charge on any atom is 0.300 e. The average Bonchev–Trinajstić information content (AvgIpc) is 1.82. The SMILES string of the molecule is CC(=O)O.NCCCC(=O)I. The second kappa shape index (κ2) is 9.83. The van der Waals surface area contributed by atoms with Crippen LogP contribution in [0.15, 0.2) is 0 Å². The second-order valence-electron chi connectivity index (χ2n) is 1.77. The highest BCUT2D eigenvalue weighted by Crippen LogP contribution is 1.94. The molecule has 0 spiro atoms. The molecule has 0 aliphatic carbocycles. The predicted molar refractivity (Wildman–Crippen MR) is 50.6 cm³/mol. The van der Waals surface area contributed by atoms with Crippen molar-refractivity contribution in [1.29, 1.82) is 0 Å². The molecule has 0 atom stereocenters. The van der Waals surface area contributed by atoms with Crippen LogP contribution in [0.25, 0.3) is 0 Å². The molecule has 0 aromatic rings. The fourth-order valence-electron chi connectivity index (χ4n) is 0.241. The molecule has 0 aliphatic rings. The van der Waals surface area contributed by atoms with E-state index in [4.69, 9.17) is 15.6 Å². The van der Waals surface area contributed by atoms with E-state index >= 15 is 0 Å². The van der Waals surface area contributed by atoms with Gasteiger partial charge in [-0.05, 0) is 35.6 Å². The van der Waals surface area contributed by atoms with E-state index in [0.29, 0.717) is 13.0 Å². The van der Waals surface area contributed by atoms with Crippen molar-refractivity contribution in [2.75, 3.05) is 6.54 Å². The van der Waals surface area contributed by atoms with Gasteiger partial charge in [0.25, 0.3) is 5.97 Å². The van der Waals surface area contributed by atoms with Crippen molar-refractivity contribution in [3.63, 3.8) is 0 Å². The summed E-state index contributed by atoms with van der Waals surface area (Å²) in [6.45, 7) is 1.70. The number of carboxylic acid groups (broad SMARTS) is 1. The Hall–Kier alpha value is -0.170. The molecule has 4 nitrogen and oxygen atoms in total. The van der Waals surface area contributed by atoms with Crippen LogP contribution in [0.3, 0.4) is 0 Å². The summed E-state index contributed by atoms with van der Waals surface area (Å²) in [5, 5.41) is 7.42. The van der Waals surface area contributed by atoms with E-state index in [0.717, 1.165) is 13.3 Å². The molecule has 0 amide bonds. The van der Waals surface area contributed by atoms with Gasteiger partial charge in [-0.3, -0.25) is 9.59 Å². The topological polar surface area (TPSA) is 80.4 Å². The molecule has 11 heavy (non-hydrogen) atoms. The number of carbonyl (C=O) groups is 2. The van der Waals surface area contributed by atoms with Crippen LogP contribution in [0.2, 0.25) is 0 Å². The van der Waals surface area contributed by atoms with Crippen LogP contribution in [0.5, 0.6) is 0 Å². The molecule has 0 unspecified atom stereocenters. The van der Waals surface area contributed by atoms with Crippen LogP contribution in [0, 0.1) is 0 Å². The van der Waals surface area contributed by atoms with E-state index in [-0.39, 0.29) is 3.79 Å². The summed E-state index contributed by atoms with van der Waals surface area (Å²) in [5.74, 6) is -0.833. The highest BCUT2D eigenvalue weighted by molar-refractivity contribution is 14.1. The van der Waals surface area contributed by atoms with Crippen molar-refractivity contribution in [2.45, 2.75) is 19.8 Å². The second-order valence-corrected chi connectivity index (χ2v) is 2.97. The first kappa shape index (κ1) is 13.4. The van der Waals surface area contributed by atoms with E-state index in [2.05, 4.69) is 0 Å². The Morgan fingerprint density at radius 1 is 1.55 bits per heavy atom. The minimum absolute atomic E-state index is 0.197. The Kier molecular flexibility index (Phi) is 12.0. The number of carboxylic acids is 1. The molecule has 5 heteroatoms. The summed E-state index contributed by atoms with van der Waals surface area (Å²) < 4.78 is 0.197. The molecule has 0 saturated carbocycles. The van der Waals surface area contributed by atoms with Gasteiger partial charge < -0.3 is 10.8 Å². The van der Waals surface area contributed by atoms with E-state index in [1.807, 2.05) is 0 Å². The maximum atomic E-state index is 10.1. The molecule has 0 aromatic carbocycles. The largest absolute Gasteiger partial charge is 0.481 e. The summed E-state index contributed by atoms with van der Waals surface area (Å²) >= 11 is 1.77. The van der Waals surface area contributed by atoms with Crippen LogP contribution in [0.1, 0.15) is 19.8 Å². The zero-order valence-electron chi connectivity index (χ0n) is 6.34. The average molecular weight is 273 g/mol. The van der Waals surface area contributed by atoms with Gasteiger partial charge in [-0.25, -0.2) is 0 Å². The van der Waals surface area contributed by atoms with Gasteiger partial charge in [-0.2, -0.15) is 0 Å². The number of halogens is 1. The monoisotopic (exact) mass is 273 g/mol. The van der Waals surface area contributed by atoms with Gasteiger partial charge in [0.05, 0.1) is 0 Å². The lowest BCUT2D eigenvalue weighted by Crippen LogP contribution is -1.99. The standard InChI is InChI=1S/C4H8INO.C2H4O2/c5-4(7)2-1-3-6;1-2(3)4/h1-3,6H2;1H3,(H,3,4). The fourth-order valence-corrected chi connectivity index (χ4v) is 0.622. The van der Waals surface area contributed by atoms with E-state index < -0.39 is 5.97 Å². The summed E-state index contributed by atoms with van der Waals surface area (Å²) in [6.07, 6.45) is 1.44. The third-order valence-electron chi connectivity index (χ3n) is 0.577. The van der Waals surface area contributed by atoms with Crippen LogP contribution in [-0.2, 0) is 9.59 Å². The number of nitrogens with two attached hydrogens (primary N) is 1. The molecule has 0 rings (SSSR count). The Balaban J connectivity index is 0. The normalized spacial score (nSPS) is 7.91. The zero-order chi connectivity index (χ0) is 9.28. The van der Waals surface area contributed by atoms with Gasteiger partial charge in [0, 0.05) is 13.3 Å². The number of rotatable bonds is 3. The van der Waals surface area contributed by atoms with Crippen molar-refractivity contribution >= 4 is 32.4 Å². The molecular weight excluding hydrogens is 261 g/mol. The Morgan fingerprint density at radius 3 is 2.00 bits per heavy atom.